The summed E-state index contributed by atoms with van der Waals surface area (Å²) in [7, 11) is 3.43. The summed E-state index contributed by atoms with van der Waals surface area (Å²) < 4.78 is 6.90. The quantitative estimate of drug-likeness (QED) is 0.430. The first kappa shape index (κ1) is 17.0. The second-order valence-corrected chi connectivity index (χ2v) is 6.04. The molecule has 1 unspecified atom stereocenters. The van der Waals surface area contributed by atoms with Crippen LogP contribution >= 0.6 is 11.8 Å². The number of unbranched alkanes of at least 4 members (excludes halogenated alkanes) is 1. The first-order valence-electron chi connectivity index (χ1n) is 6.97. The van der Waals surface area contributed by atoms with Gasteiger partial charge in [-0.1, -0.05) is 25.1 Å². The smallest absolute Gasteiger partial charge is 0.325 e. The lowest BCUT2D eigenvalue weighted by Gasteiger charge is -2.27. The van der Waals surface area contributed by atoms with Gasteiger partial charge in [-0.3, -0.25) is 4.79 Å². The molecule has 5 nitrogen and oxygen atoms in total. The zero-order chi connectivity index (χ0) is 15.0. The fraction of sp³-hybridized carbons (Fsp3) is 0.714. The number of carbonyl (C=O) groups excluding carboxylic acids is 1. The lowest BCUT2D eigenvalue weighted by Crippen LogP contribution is -2.50. The molecule has 0 aliphatic rings. The van der Waals surface area contributed by atoms with Crippen molar-refractivity contribution in [2.45, 2.75) is 43.8 Å². The van der Waals surface area contributed by atoms with E-state index in [2.05, 4.69) is 10.3 Å². The Labute approximate surface area is 125 Å². The van der Waals surface area contributed by atoms with Crippen molar-refractivity contribution in [3.05, 3.63) is 12.4 Å². The largest absolute Gasteiger partial charge is 0.468 e. The summed E-state index contributed by atoms with van der Waals surface area (Å²) in [5.74, 6) is 0.824. The van der Waals surface area contributed by atoms with Gasteiger partial charge >= 0.3 is 5.97 Å². The molecule has 1 N–H and O–H groups in total. The van der Waals surface area contributed by atoms with Crippen molar-refractivity contribution in [2.24, 2.45) is 7.05 Å². The van der Waals surface area contributed by atoms with Gasteiger partial charge in [0.15, 0.2) is 5.16 Å². The fourth-order valence-corrected chi connectivity index (χ4v) is 3.04. The molecule has 0 spiro atoms. The maximum absolute atomic E-state index is 11.8. The predicted octanol–water partition coefficient (Wildman–Crippen LogP) is 2.22. The number of methoxy groups -OCH3 is 1. The minimum Gasteiger partial charge on any atom is -0.468 e. The van der Waals surface area contributed by atoms with Gasteiger partial charge in [-0.2, -0.15) is 0 Å². The van der Waals surface area contributed by atoms with E-state index < -0.39 is 5.54 Å². The van der Waals surface area contributed by atoms with Crippen molar-refractivity contribution in [3.8, 4) is 0 Å². The van der Waals surface area contributed by atoms with Gasteiger partial charge in [0.05, 0.1) is 7.11 Å². The zero-order valence-electron chi connectivity index (χ0n) is 12.8. The number of hydrogen-bond donors (Lipinski definition) is 1. The third kappa shape index (κ3) is 4.83. The number of hydrogen-bond acceptors (Lipinski definition) is 5. The highest BCUT2D eigenvalue weighted by Gasteiger charge is 2.32. The summed E-state index contributed by atoms with van der Waals surface area (Å²) in [5.41, 5.74) is -0.572. The number of imidazole rings is 1. The molecule has 0 aliphatic heterocycles. The molecule has 0 aromatic carbocycles. The number of rotatable bonds is 9. The molecule has 0 amide bonds. The van der Waals surface area contributed by atoms with Gasteiger partial charge in [-0.05, 0) is 26.3 Å². The van der Waals surface area contributed by atoms with Crippen LogP contribution in [0.1, 0.15) is 33.1 Å². The molecule has 20 heavy (non-hydrogen) atoms. The van der Waals surface area contributed by atoms with E-state index in [-0.39, 0.29) is 5.97 Å². The van der Waals surface area contributed by atoms with Crippen LogP contribution in [-0.2, 0) is 16.6 Å². The Morgan fingerprint density at radius 3 is 2.85 bits per heavy atom. The SMILES string of the molecule is CCNC(C)(CCCCSc1nccn1C)C(=O)OC. The van der Waals surface area contributed by atoms with Crippen molar-refractivity contribution in [2.75, 3.05) is 19.4 Å². The Bertz CT molecular complexity index is 422. The number of nitrogens with zero attached hydrogens (tertiary/aromatic N) is 2. The predicted molar refractivity (Wildman–Crippen MR) is 81.9 cm³/mol. The molecule has 0 fully saturated rings. The highest BCUT2D eigenvalue weighted by Crippen LogP contribution is 2.20. The minimum absolute atomic E-state index is 0.184. The van der Waals surface area contributed by atoms with Crippen LogP contribution in [0.4, 0.5) is 0 Å². The topological polar surface area (TPSA) is 56.2 Å². The molecule has 0 saturated heterocycles. The highest BCUT2D eigenvalue weighted by atomic mass is 32.2. The summed E-state index contributed by atoms with van der Waals surface area (Å²) in [6.07, 6.45) is 6.57. The van der Waals surface area contributed by atoms with Gasteiger partial charge in [0.2, 0.25) is 0 Å². The first-order chi connectivity index (χ1) is 9.53. The van der Waals surface area contributed by atoms with Crippen LogP contribution in [0.3, 0.4) is 0 Å². The summed E-state index contributed by atoms with van der Waals surface area (Å²) in [6, 6.07) is 0. The second-order valence-electron chi connectivity index (χ2n) is 4.98. The Morgan fingerprint density at radius 2 is 2.30 bits per heavy atom. The van der Waals surface area contributed by atoms with Crippen LogP contribution < -0.4 is 5.32 Å². The molecule has 1 aromatic heterocycles. The van der Waals surface area contributed by atoms with Crippen molar-refractivity contribution < 1.29 is 9.53 Å². The number of ether oxygens (including phenoxy) is 1. The van der Waals surface area contributed by atoms with Crippen LogP contribution in [0.5, 0.6) is 0 Å². The molecule has 0 aliphatic carbocycles. The molecule has 1 rings (SSSR count). The van der Waals surface area contributed by atoms with Crippen molar-refractivity contribution >= 4 is 17.7 Å². The molecule has 1 aromatic rings. The average Bonchev–Trinajstić information content (AvgIpc) is 2.83. The standard InChI is InChI=1S/C14H25N3O2S/c1-5-16-14(2,12(18)19-4)8-6-7-11-20-13-15-9-10-17(13)3/h9-10,16H,5-8,11H2,1-4H3. The lowest BCUT2D eigenvalue weighted by molar-refractivity contribution is -0.148. The normalized spacial score (nSPS) is 14.0. The number of esters is 1. The first-order valence-corrected chi connectivity index (χ1v) is 7.95. The minimum atomic E-state index is -0.572. The van der Waals surface area contributed by atoms with E-state index in [1.807, 2.05) is 37.9 Å². The van der Waals surface area contributed by atoms with Crippen molar-refractivity contribution in [1.29, 1.82) is 0 Å². The van der Waals surface area contributed by atoms with Gasteiger partial charge in [0, 0.05) is 25.2 Å². The molecule has 6 heteroatoms. The Hall–Kier alpha value is -1.01. The third-order valence-corrected chi connectivity index (χ3v) is 4.43. The Morgan fingerprint density at radius 1 is 1.55 bits per heavy atom. The molecule has 0 bridgehead atoms. The van der Waals surface area contributed by atoms with E-state index >= 15 is 0 Å². The maximum Gasteiger partial charge on any atom is 0.325 e. The second kappa shape index (κ2) is 8.32. The van der Waals surface area contributed by atoms with E-state index in [4.69, 9.17) is 4.74 Å². The summed E-state index contributed by atoms with van der Waals surface area (Å²) >= 11 is 1.75. The summed E-state index contributed by atoms with van der Waals surface area (Å²) in [4.78, 5) is 16.1. The molecule has 1 atom stereocenters. The van der Waals surface area contributed by atoms with Gasteiger partial charge in [0.25, 0.3) is 0 Å². The number of likely N-dealkylation sites (N-methyl/N-ethyl adjacent to an activating group) is 1. The monoisotopic (exact) mass is 299 g/mol. The van der Waals surface area contributed by atoms with E-state index in [1.165, 1.54) is 7.11 Å². The van der Waals surface area contributed by atoms with Gasteiger partial charge in [-0.25, -0.2) is 4.98 Å². The van der Waals surface area contributed by atoms with Crippen LogP contribution in [0.15, 0.2) is 17.6 Å². The third-order valence-electron chi connectivity index (χ3n) is 3.28. The van der Waals surface area contributed by atoms with E-state index in [0.29, 0.717) is 0 Å². The van der Waals surface area contributed by atoms with E-state index in [0.717, 1.165) is 36.7 Å². The van der Waals surface area contributed by atoms with Crippen molar-refractivity contribution in [1.82, 2.24) is 14.9 Å². The number of aromatic nitrogens is 2. The molecule has 114 valence electrons. The number of thioether (sulfide) groups is 1. The lowest BCUT2D eigenvalue weighted by atomic mass is 9.95. The Balaban J connectivity index is 2.31. The van der Waals surface area contributed by atoms with E-state index in [9.17, 15) is 4.79 Å². The summed E-state index contributed by atoms with van der Waals surface area (Å²) in [5, 5.41) is 4.26. The fourth-order valence-electron chi connectivity index (χ4n) is 2.11. The van der Waals surface area contributed by atoms with Gasteiger partial charge in [0.1, 0.15) is 5.54 Å². The molecule has 0 radical (unpaired) electrons. The van der Waals surface area contributed by atoms with Crippen LogP contribution in [0.2, 0.25) is 0 Å². The highest BCUT2D eigenvalue weighted by molar-refractivity contribution is 7.99. The van der Waals surface area contributed by atoms with Crippen LogP contribution in [-0.4, -0.2) is 40.5 Å². The number of aryl methyl sites for hydroxylation is 1. The van der Waals surface area contributed by atoms with Crippen molar-refractivity contribution in [3.63, 3.8) is 0 Å². The van der Waals surface area contributed by atoms with Crippen LogP contribution in [0.25, 0.3) is 0 Å². The zero-order valence-corrected chi connectivity index (χ0v) is 13.6. The molecule has 1 heterocycles. The average molecular weight is 299 g/mol. The summed E-state index contributed by atoms with van der Waals surface area (Å²) in [6.45, 7) is 4.67. The number of nitrogens with one attached hydrogen (secondary N) is 1. The number of carbonyl (C=O) groups is 1. The van der Waals surface area contributed by atoms with Gasteiger partial charge in [-0.15, -0.1) is 0 Å². The molecular formula is C14H25N3O2S. The molecule has 0 saturated carbocycles. The van der Waals surface area contributed by atoms with E-state index in [1.54, 1.807) is 11.8 Å². The Kier molecular flexibility index (Phi) is 7.09. The van der Waals surface area contributed by atoms with Gasteiger partial charge < -0.3 is 14.6 Å². The molecular weight excluding hydrogens is 274 g/mol. The van der Waals surface area contributed by atoms with Crippen LogP contribution in [0, 0.1) is 0 Å². The maximum atomic E-state index is 11.8.